The molecule has 1 unspecified atom stereocenters. The number of benzene rings is 1. The number of hydrogen-bond donors (Lipinski definition) is 3. The number of anilines is 1. The second kappa shape index (κ2) is 6.43. The van der Waals surface area contributed by atoms with Crippen LogP contribution in [0.25, 0.3) is 0 Å². The Morgan fingerprint density at radius 2 is 2.21 bits per heavy atom. The van der Waals surface area contributed by atoms with Crippen LogP contribution in [-0.2, 0) is 0 Å². The van der Waals surface area contributed by atoms with Crippen LogP contribution in [0.5, 0.6) is 5.75 Å². The van der Waals surface area contributed by atoms with Gasteiger partial charge in [-0.05, 0) is 38.0 Å². The quantitative estimate of drug-likeness (QED) is 0.682. The number of ether oxygens (including phenoxy) is 1. The lowest BCUT2D eigenvalue weighted by atomic mass is 9.94. The summed E-state index contributed by atoms with van der Waals surface area (Å²) in [6, 6.07) is 4.92. The maximum Gasteiger partial charge on any atom is 0.251 e. The van der Waals surface area contributed by atoms with Crippen LogP contribution in [0.1, 0.15) is 37.0 Å². The van der Waals surface area contributed by atoms with Crippen molar-refractivity contribution < 1.29 is 14.6 Å². The maximum atomic E-state index is 12.2. The fraction of sp³-hybridized carbons (Fsp3) is 0.500. The highest BCUT2D eigenvalue weighted by molar-refractivity contribution is 5.95. The number of nitrogens with two attached hydrogens (primary N) is 1. The van der Waals surface area contributed by atoms with Crippen molar-refractivity contribution in [2.24, 2.45) is 0 Å². The molecule has 4 N–H and O–H groups in total. The van der Waals surface area contributed by atoms with Gasteiger partial charge in [-0.3, -0.25) is 4.79 Å². The minimum Gasteiger partial charge on any atom is -0.495 e. The van der Waals surface area contributed by atoms with Gasteiger partial charge in [-0.2, -0.15) is 0 Å². The highest BCUT2D eigenvalue weighted by Gasteiger charge is 2.24. The van der Waals surface area contributed by atoms with Crippen molar-refractivity contribution in [3.8, 4) is 5.75 Å². The van der Waals surface area contributed by atoms with Crippen molar-refractivity contribution in [2.45, 2.75) is 32.2 Å². The van der Waals surface area contributed by atoms with Crippen LogP contribution in [0.15, 0.2) is 18.2 Å². The lowest BCUT2D eigenvalue weighted by molar-refractivity contribution is 0.0886. The van der Waals surface area contributed by atoms with Gasteiger partial charge in [-0.15, -0.1) is 0 Å². The number of aliphatic hydroxyl groups excluding tert-OH is 1. The fourth-order valence-electron chi connectivity index (χ4n) is 1.80. The van der Waals surface area contributed by atoms with Gasteiger partial charge in [-0.25, -0.2) is 0 Å². The average Bonchev–Trinajstić information content (AvgIpc) is 2.38. The molecule has 1 aromatic carbocycles. The SMILES string of the molecule is CCC(C)(CCO)NC(=O)c1ccc(OC)c(N)c1. The third-order valence-electron chi connectivity index (χ3n) is 3.35. The van der Waals surface area contributed by atoms with Crippen LogP contribution >= 0.6 is 0 Å². The summed E-state index contributed by atoms with van der Waals surface area (Å²) >= 11 is 0. The normalized spacial score (nSPS) is 13.7. The van der Waals surface area contributed by atoms with Gasteiger partial charge in [0.2, 0.25) is 0 Å². The van der Waals surface area contributed by atoms with Gasteiger partial charge in [0.25, 0.3) is 5.91 Å². The Morgan fingerprint density at radius 3 is 2.68 bits per heavy atom. The van der Waals surface area contributed by atoms with Crippen molar-refractivity contribution >= 4 is 11.6 Å². The van der Waals surface area contributed by atoms with Gasteiger partial charge in [0, 0.05) is 17.7 Å². The summed E-state index contributed by atoms with van der Waals surface area (Å²) in [5.41, 5.74) is 6.27. The van der Waals surface area contributed by atoms with Crippen molar-refractivity contribution in [1.29, 1.82) is 0 Å². The molecule has 1 rings (SSSR count). The molecule has 0 saturated heterocycles. The van der Waals surface area contributed by atoms with Crippen molar-refractivity contribution in [1.82, 2.24) is 5.32 Å². The van der Waals surface area contributed by atoms with Gasteiger partial charge in [0.05, 0.1) is 12.8 Å². The van der Waals surface area contributed by atoms with E-state index in [1.54, 1.807) is 18.2 Å². The topological polar surface area (TPSA) is 84.6 Å². The molecule has 0 aromatic heterocycles. The molecule has 1 atom stereocenters. The summed E-state index contributed by atoms with van der Waals surface area (Å²) in [6.07, 6.45) is 1.26. The van der Waals surface area contributed by atoms with E-state index in [4.69, 9.17) is 15.6 Å². The average molecular weight is 266 g/mol. The standard InChI is InChI=1S/C14H22N2O3/c1-4-14(2,7-8-17)16-13(18)10-5-6-12(19-3)11(15)9-10/h5-6,9,17H,4,7-8,15H2,1-3H3,(H,16,18). The van der Waals surface area contributed by atoms with E-state index < -0.39 is 5.54 Å². The van der Waals surface area contributed by atoms with Gasteiger partial charge >= 0.3 is 0 Å². The molecule has 19 heavy (non-hydrogen) atoms. The summed E-state index contributed by atoms with van der Waals surface area (Å²) in [5, 5.41) is 12.0. The van der Waals surface area contributed by atoms with Crippen molar-refractivity contribution in [3.05, 3.63) is 23.8 Å². The minimum absolute atomic E-state index is 0.0371. The van der Waals surface area contributed by atoms with Crippen LogP contribution < -0.4 is 15.8 Å². The molecular formula is C14H22N2O3. The van der Waals surface area contributed by atoms with E-state index >= 15 is 0 Å². The number of nitrogen functional groups attached to an aromatic ring is 1. The third-order valence-corrected chi connectivity index (χ3v) is 3.35. The first-order valence-corrected chi connectivity index (χ1v) is 6.32. The van der Waals surface area contributed by atoms with Gasteiger partial charge < -0.3 is 20.9 Å². The molecule has 1 amide bonds. The molecule has 1 aromatic rings. The van der Waals surface area contributed by atoms with E-state index in [1.807, 2.05) is 13.8 Å². The molecule has 0 aliphatic carbocycles. The predicted octanol–water partition coefficient (Wildman–Crippen LogP) is 1.56. The number of hydrogen-bond acceptors (Lipinski definition) is 4. The van der Waals surface area contributed by atoms with E-state index in [9.17, 15) is 4.79 Å². The Balaban J connectivity index is 2.86. The van der Waals surface area contributed by atoms with E-state index in [-0.39, 0.29) is 12.5 Å². The number of nitrogens with one attached hydrogen (secondary N) is 1. The van der Waals surface area contributed by atoms with Gasteiger partial charge in [-0.1, -0.05) is 6.92 Å². The zero-order valence-electron chi connectivity index (χ0n) is 11.7. The lowest BCUT2D eigenvalue weighted by Gasteiger charge is -2.29. The van der Waals surface area contributed by atoms with Gasteiger partial charge in [0.1, 0.15) is 5.75 Å². The molecular weight excluding hydrogens is 244 g/mol. The number of carbonyl (C=O) groups excluding carboxylic acids is 1. The zero-order chi connectivity index (χ0) is 14.5. The second-order valence-electron chi connectivity index (χ2n) is 4.80. The summed E-state index contributed by atoms with van der Waals surface area (Å²) in [6.45, 7) is 3.92. The highest BCUT2D eigenvalue weighted by Crippen LogP contribution is 2.22. The molecule has 5 heteroatoms. The third kappa shape index (κ3) is 3.86. The molecule has 0 fully saturated rings. The van der Waals surface area contributed by atoms with Crippen molar-refractivity contribution in [2.75, 3.05) is 19.5 Å². The number of rotatable bonds is 6. The van der Waals surface area contributed by atoms with Crippen LogP contribution in [0.3, 0.4) is 0 Å². The fourth-order valence-corrected chi connectivity index (χ4v) is 1.80. The Bertz CT molecular complexity index is 448. The van der Waals surface area contributed by atoms with E-state index in [0.29, 0.717) is 23.4 Å². The second-order valence-corrected chi connectivity index (χ2v) is 4.80. The first-order chi connectivity index (χ1) is 8.95. The van der Waals surface area contributed by atoms with E-state index in [1.165, 1.54) is 7.11 Å². The molecule has 0 aliphatic heterocycles. The zero-order valence-corrected chi connectivity index (χ0v) is 11.7. The molecule has 0 aliphatic rings. The lowest BCUT2D eigenvalue weighted by Crippen LogP contribution is -2.46. The van der Waals surface area contributed by atoms with Crippen LogP contribution in [0.2, 0.25) is 0 Å². The van der Waals surface area contributed by atoms with E-state index in [0.717, 1.165) is 6.42 Å². The van der Waals surface area contributed by atoms with Crippen LogP contribution in [0.4, 0.5) is 5.69 Å². The highest BCUT2D eigenvalue weighted by atomic mass is 16.5. The maximum absolute atomic E-state index is 12.2. The Kier molecular flexibility index (Phi) is 5.18. The Morgan fingerprint density at radius 1 is 1.53 bits per heavy atom. The Labute approximate surface area is 113 Å². The summed E-state index contributed by atoms with van der Waals surface area (Å²) in [5.74, 6) is 0.345. The Hall–Kier alpha value is -1.75. The summed E-state index contributed by atoms with van der Waals surface area (Å²) in [4.78, 5) is 12.2. The summed E-state index contributed by atoms with van der Waals surface area (Å²) < 4.78 is 5.05. The smallest absolute Gasteiger partial charge is 0.251 e. The minimum atomic E-state index is -0.416. The predicted molar refractivity (Wildman–Crippen MR) is 75.3 cm³/mol. The molecule has 0 spiro atoms. The number of aliphatic hydroxyl groups is 1. The molecule has 0 saturated carbocycles. The summed E-state index contributed by atoms with van der Waals surface area (Å²) in [7, 11) is 1.53. The van der Waals surface area contributed by atoms with Crippen LogP contribution in [0, 0.1) is 0 Å². The van der Waals surface area contributed by atoms with E-state index in [2.05, 4.69) is 5.32 Å². The van der Waals surface area contributed by atoms with Crippen LogP contribution in [-0.4, -0.2) is 30.3 Å². The largest absolute Gasteiger partial charge is 0.495 e. The van der Waals surface area contributed by atoms with Gasteiger partial charge in [0.15, 0.2) is 0 Å². The molecule has 106 valence electrons. The molecule has 5 nitrogen and oxygen atoms in total. The first kappa shape index (κ1) is 15.3. The molecule has 0 radical (unpaired) electrons. The monoisotopic (exact) mass is 266 g/mol. The number of methoxy groups -OCH3 is 1. The molecule has 0 bridgehead atoms. The molecule has 0 heterocycles. The first-order valence-electron chi connectivity index (χ1n) is 6.32. The number of amides is 1. The van der Waals surface area contributed by atoms with Crippen molar-refractivity contribution in [3.63, 3.8) is 0 Å². The number of carbonyl (C=O) groups is 1.